The van der Waals surface area contributed by atoms with E-state index in [1.807, 2.05) is 0 Å². The molecule has 0 aromatic carbocycles. The number of carbonyl (C=O) groups excluding carboxylic acids is 1. The molecule has 1 amide bonds. The largest absolute Gasteiger partial charge is 0.396 e. The second kappa shape index (κ2) is 10.9. The van der Waals surface area contributed by atoms with Crippen LogP contribution >= 0.6 is 0 Å². The Kier molecular flexibility index (Phi) is 8.50. The molecule has 2 N–H and O–H groups in total. The minimum Gasteiger partial charge on any atom is -0.396 e. The van der Waals surface area contributed by atoms with Gasteiger partial charge in [0.2, 0.25) is 5.91 Å². The molecule has 7 nitrogen and oxygen atoms in total. The predicted molar refractivity (Wildman–Crippen MR) is 129 cm³/mol. The van der Waals surface area contributed by atoms with Crippen molar-refractivity contribution < 1.29 is 9.90 Å². The summed E-state index contributed by atoms with van der Waals surface area (Å²) in [7, 11) is 0. The molecule has 1 saturated heterocycles. The normalized spacial score (nSPS) is 25.1. The van der Waals surface area contributed by atoms with Gasteiger partial charge in [0.05, 0.1) is 0 Å². The molecule has 3 rings (SSSR count). The third-order valence-corrected chi connectivity index (χ3v) is 6.92. The average molecular weight is 446 g/mol. The summed E-state index contributed by atoms with van der Waals surface area (Å²) in [5, 5.41) is 12.5. The SMILES string of the molecule is CC(=O)NC1CCC(CCN2CCN(c3cc(CCO)nc(C(C)(C)C)n3)[C@@H](C)C2)CC1. The van der Waals surface area contributed by atoms with Crippen LogP contribution < -0.4 is 10.2 Å². The van der Waals surface area contributed by atoms with Gasteiger partial charge in [0.1, 0.15) is 11.6 Å². The smallest absolute Gasteiger partial charge is 0.217 e. The Balaban J connectivity index is 1.53. The Bertz CT molecular complexity index is 755. The van der Waals surface area contributed by atoms with Gasteiger partial charge in [0.15, 0.2) is 0 Å². The molecule has 1 aliphatic heterocycles. The van der Waals surface area contributed by atoms with E-state index in [-0.39, 0.29) is 17.9 Å². The maximum atomic E-state index is 11.3. The summed E-state index contributed by atoms with van der Waals surface area (Å²) in [6.07, 6.45) is 6.51. The lowest BCUT2D eigenvalue weighted by Gasteiger charge is -2.41. The van der Waals surface area contributed by atoms with Crippen molar-refractivity contribution in [1.82, 2.24) is 20.2 Å². The molecule has 1 aromatic rings. The average Bonchev–Trinajstić information content (AvgIpc) is 2.72. The van der Waals surface area contributed by atoms with E-state index in [1.54, 1.807) is 6.92 Å². The molecule has 1 aromatic heterocycles. The molecule has 0 spiro atoms. The lowest BCUT2D eigenvalue weighted by molar-refractivity contribution is -0.119. The number of piperazine rings is 1. The molecule has 0 bridgehead atoms. The Morgan fingerprint density at radius 1 is 1.19 bits per heavy atom. The highest BCUT2D eigenvalue weighted by atomic mass is 16.3. The zero-order valence-corrected chi connectivity index (χ0v) is 20.7. The van der Waals surface area contributed by atoms with Crippen molar-refractivity contribution in [2.75, 3.05) is 37.7 Å². The van der Waals surface area contributed by atoms with Gasteiger partial charge in [-0.3, -0.25) is 9.69 Å². The maximum Gasteiger partial charge on any atom is 0.217 e. The summed E-state index contributed by atoms with van der Waals surface area (Å²) >= 11 is 0. The monoisotopic (exact) mass is 445 g/mol. The highest BCUT2D eigenvalue weighted by molar-refractivity contribution is 5.73. The van der Waals surface area contributed by atoms with Crippen LogP contribution in [0.2, 0.25) is 0 Å². The highest BCUT2D eigenvalue weighted by Crippen LogP contribution is 2.28. The lowest BCUT2D eigenvalue weighted by Crippen LogP contribution is -2.52. The van der Waals surface area contributed by atoms with Crippen LogP contribution in [0.5, 0.6) is 0 Å². The zero-order chi connectivity index (χ0) is 23.3. The molecule has 1 atom stereocenters. The summed E-state index contributed by atoms with van der Waals surface area (Å²) in [6, 6.07) is 2.84. The Morgan fingerprint density at radius 3 is 2.50 bits per heavy atom. The van der Waals surface area contributed by atoms with Gasteiger partial charge in [0, 0.05) is 68.8 Å². The molecule has 32 heavy (non-hydrogen) atoms. The van der Waals surface area contributed by atoms with Gasteiger partial charge >= 0.3 is 0 Å². The number of nitrogens with one attached hydrogen (secondary N) is 1. The maximum absolute atomic E-state index is 11.3. The first-order valence-electron chi connectivity index (χ1n) is 12.4. The van der Waals surface area contributed by atoms with Gasteiger partial charge in [-0.1, -0.05) is 20.8 Å². The van der Waals surface area contributed by atoms with E-state index >= 15 is 0 Å². The summed E-state index contributed by atoms with van der Waals surface area (Å²) in [5.41, 5.74) is 0.802. The van der Waals surface area contributed by atoms with Crippen LogP contribution in [0.15, 0.2) is 6.07 Å². The number of anilines is 1. The second-order valence-electron chi connectivity index (χ2n) is 10.8. The van der Waals surface area contributed by atoms with Gasteiger partial charge in [-0.25, -0.2) is 9.97 Å². The second-order valence-corrected chi connectivity index (χ2v) is 10.8. The number of nitrogens with zero attached hydrogens (tertiary/aromatic N) is 4. The van der Waals surface area contributed by atoms with Crippen molar-refractivity contribution in [3.05, 3.63) is 17.6 Å². The quantitative estimate of drug-likeness (QED) is 0.672. The van der Waals surface area contributed by atoms with E-state index in [2.05, 4.69) is 48.9 Å². The van der Waals surface area contributed by atoms with E-state index in [0.717, 1.165) is 62.3 Å². The summed E-state index contributed by atoms with van der Waals surface area (Å²) in [5.74, 6) is 2.73. The molecule has 1 saturated carbocycles. The van der Waals surface area contributed by atoms with E-state index in [1.165, 1.54) is 19.3 Å². The van der Waals surface area contributed by atoms with Crippen LogP contribution in [-0.4, -0.2) is 70.8 Å². The van der Waals surface area contributed by atoms with E-state index in [4.69, 9.17) is 9.97 Å². The Morgan fingerprint density at radius 2 is 1.91 bits per heavy atom. The third-order valence-electron chi connectivity index (χ3n) is 6.92. The fourth-order valence-electron chi connectivity index (χ4n) is 5.03. The first-order chi connectivity index (χ1) is 15.2. The highest BCUT2D eigenvalue weighted by Gasteiger charge is 2.28. The lowest BCUT2D eigenvalue weighted by atomic mass is 9.84. The van der Waals surface area contributed by atoms with Crippen LogP contribution in [0, 0.1) is 5.92 Å². The minimum absolute atomic E-state index is 0.0992. The van der Waals surface area contributed by atoms with Crippen molar-refractivity contribution in [2.45, 2.75) is 90.6 Å². The first kappa shape index (κ1) is 24.9. The summed E-state index contributed by atoms with van der Waals surface area (Å²) in [6.45, 7) is 14.6. The van der Waals surface area contributed by atoms with Crippen molar-refractivity contribution >= 4 is 11.7 Å². The number of aliphatic hydroxyl groups excluding tert-OH is 1. The Hall–Kier alpha value is -1.73. The van der Waals surface area contributed by atoms with Gasteiger partial charge in [-0.15, -0.1) is 0 Å². The van der Waals surface area contributed by atoms with Crippen molar-refractivity contribution in [1.29, 1.82) is 0 Å². The summed E-state index contributed by atoms with van der Waals surface area (Å²) < 4.78 is 0. The van der Waals surface area contributed by atoms with E-state index in [0.29, 0.717) is 18.5 Å². The van der Waals surface area contributed by atoms with Crippen molar-refractivity contribution in [3.63, 3.8) is 0 Å². The minimum atomic E-state index is -0.121. The number of hydrogen-bond donors (Lipinski definition) is 2. The van der Waals surface area contributed by atoms with Crippen LogP contribution in [0.25, 0.3) is 0 Å². The van der Waals surface area contributed by atoms with Crippen LogP contribution in [-0.2, 0) is 16.6 Å². The molecule has 2 heterocycles. The van der Waals surface area contributed by atoms with Crippen molar-refractivity contribution in [3.8, 4) is 0 Å². The van der Waals surface area contributed by atoms with E-state index in [9.17, 15) is 9.90 Å². The van der Waals surface area contributed by atoms with Gasteiger partial charge in [0.25, 0.3) is 0 Å². The molecule has 180 valence electrons. The molecule has 7 heteroatoms. The first-order valence-corrected chi connectivity index (χ1v) is 12.4. The number of rotatable bonds is 7. The fraction of sp³-hybridized carbons (Fsp3) is 0.800. The number of amides is 1. The molecule has 0 radical (unpaired) electrons. The third kappa shape index (κ3) is 6.88. The topological polar surface area (TPSA) is 81.6 Å². The van der Waals surface area contributed by atoms with E-state index < -0.39 is 0 Å². The van der Waals surface area contributed by atoms with Crippen LogP contribution in [0.1, 0.15) is 78.2 Å². The standard InChI is InChI=1S/C25H43N5O2/c1-18-17-29(12-10-20-6-8-21(9-7-20)26-19(2)32)13-14-30(18)23-16-22(11-15-31)27-24(28-23)25(3,4)5/h16,18,20-21,31H,6-15,17H2,1-5H3,(H,26,32)/t18-,20?,21?/m0/s1. The molecule has 2 aliphatic rings. The fourth-order valence-corrected chi connectivity index (χ4v) is 5.03. The number of aromatic nitrogens is 2. The number of hydrogen-bond acceptors (Lipinski definition) is 6. The molecule has 2 fully saturated rings. The molecule has 1 aliphatic carbocycles. The van der Waals surface area contributed by atoms with Gasteiger partial charge in [-0.2, -0.15) is 0 Å². The molecule has 0 unspecified atom stereocenters. The predicted octanol–water partition coefficient (Wildman–Crippen LogP) is 2.90. The van der Waals surface area contributed by atoms with Crippen molar-refractivity contribution in [2.24, 2.45) is 5.92 Å². The van der Waals surface area contributed by atoms with Gasteiger partial charge < -0.3 is 15.3 Å². The molecular formula is C25H43N5O2. The van der Waals surface area contributed by atoms with Gasteiger partial charge in [-0.05, 0) is 51.5 Å². The number of carbonyl (C=O) groups is 1. The van der Waals surface area contributed by atoms with Crippen LogP contribution in [0.3, 0.4) is 0 Å². The summed E-state index contributed by atoms with van der Waals surface area (Å²) in [4.78, 5) is 25.9. The number of aliphatic hydroxyl groups is 1. The Labute approximate surface area is 194 Å². The van der Waals surface area contributed by atoms with Crippen LogP contribution in [0.4, 0.5) is 5.82 Å². The zero-order valence-electron chi connectivity index (χ0n) is 20.7. The molecular weight excluding hydrogens is 402 g/mol.